The minimum atomic E-state index is -0.255. The van der Waals surface area contributed by atoms with E-state index in [0.29, 0.717) is 22.9 Å². The van der Waals surface area contributed by atoms with Crippen LogP contribution >= 0.6 is 0 Å². The van der Waals surface area contributed by atoms with Crippen LogP contribution in [0.2, 0.25) is 0 Å². The summed E-state index contributed by atoms with van der Waals surface area (Å²) in [5, 5.41) is 5.69. The van der Waals surface area contributed by atoms with Crippen LogP contribution in [0.4, 0.5) is 11.4 Å². The van der Waals surface area contributed by atoms with Gasteiger partial charge in [0.15, 0.2) is 13.2 Å². The van der Waals surface area contributed by atoms with Crippen LogP contribution < -0.4 is 20.1 Å². The summed E-state index contributed by atoms with van der Waals surface area (Å²) in [6.07, 6.45) is 0. The normalized spacial score (nSPS) is 10.2. The van der Waals surface area contributed by atoms with Crippen LogP contribution in [0.5, 0.6) is 11.5 Å². The summed E-state index contributed by atoms with van der Waals surface area (Å²) in [6, 6.07) is 22.0. The van der Waals surface area contributed by atoms with E-state index in [0.717, 1.165) is 11.1 Å². The minimum Gasteiger partial charge on any atom is -0.484 e. The van der Waals surface area contributed by atoms with Crippen LogP contribution in [0.15, 0.2) is 72.8 Å². The van der Waals surface area contributed by atoms with E-state index in [9.17, 15) is 9.59 Å². The smallest absolute Gasteiger partial charge is 0.262 e. The van der Waals surface area contributed by atoms with Gasteiger partial charge in [0.1, 0.15) is 11.5 Å². The van der Waals surface area contributed by atoms with Gasteiger partial charge in [-0.15, -0.1) is 0 Å². The molecule has 0 saturated carbocycles. The number of para-hydroxylation sites is 2. The topological polar surface area (TPSA) is 76.7 Å². The van der Waals surface area contributed by atoms with Crippen molar-refractivity contribution in [3.8, 4) is 11.5 Å². The molecule has 2 amide bonds. The quantitative estimate of drug-likeness (QED) is 0.586. The van der Waals surface area contributed by atoms with Crippen molar-refractivity contribution < 1.29 is 19.1 Å². The van der Waals surface area contributed by atoms with Gasteiger partial charge in [-0.2, -0.15) is 0 Å². The van der Waals surface area contributed by atoms with E-state index in [1.807, 2.05) is 62.4 Å². The largest absolute Gasteiger partial charge is 0.484 e. The molecule has 0 heterocycles. The van der Waals surface area contributed by atoms with E-state index < -0.39 is 0 Å². The number of carbonyl (C=O) groups excluding carboxylic acids is 2. The lowest BCUT2D eigenvalue weighted by atomic mass is 10.1. The summed E-state index contributed by atoms with van der Waals surface area (Å²) in [5.41, 5.74) is 3.00. The second kappa shape index (κ2) is 10.1. The van der Waals surface area contributed by atoms with Crippen LogP contribution in [-0.4, -0.2) is 25.0 Å². The number of rotatable bonds is 8. The lowest BCUT2D eigenvalue weighted by Crippen LogP contribution is -2.22. The minimum absolute atomic E-state index is 0.0855. The second-order valence-electron chi connectivity index (χ2n) is 6.78. The summed E-state index contributed by atoms with van der Waals surface area (Å²) in [6.45, 7) is 3.56. The SMILES string of the molecule is Cc1cc(NC(=O)COc2ccccc2)c(C)cc1NC(=O)COc1ccccc1. The molecule has 6 heteroatoms. The Morgan fingerprint density at radius 3 is 1.40 bits per heavy atom. The highest BCUT2D eigenvalue weighted by Gasteiger charge is 2.11. The highest BCUT2D eigenvalue weighted by Crippen LogP contribution is 2.24. The Kier molecular flexibility index (Phi) is 7.05. The molecular weight excluding hydrogens is 380 g/mol. The van der Waals surface area contributed by atoms with Crippen molar-refractivity contribution in [2.75, 3.05) is 23.8 Å². The maximum atomic E-state index is 12.2. The number of hydrogen-bond donors (Lipinski definition) is 2. The first-order valence-electron chi connectivity index (χ1n) is 9.58. The summed E-state index contributed by atoms with van der Waals surface area (Å²) in [4.78, 5) is 24.4. The summed E-state index contributed by atoms with van der Waals surface area (Å²) < 4.78 is 10.9. The van der Waals surface area contributed by atoms with E-state index >= 15 is 0 Å². The second-order valence-corrected chi connectivity index (χ2v) is 6.78. The van der Waals surface area contributed by atoms with Crippen molar-refractivity contribution in [1.29, 1.82) is 0 Å². The molecule has 0 saturated heterocycles. The fourth-order valence-electron chi connectivity index (χ4n) is 2.79. The molecule has 3 aromatic carbocycles. The molecule has 0 aliphatic heterocycles. The van der Waals surface area contributed by atoms with Gasteiger partial charge in [-0.3, -0.25) is 9.59 Å². The van der Waals surface area contributed by atoms with Gasteiger partial charge < -0.3 is 20.1 Å². The van der Waals surface area contributed by atoms with E-state index in [1.54, 1.807) is 24.3 Å². The number of aryl methyl sites for hydroxylation is 2. The number of anilines is 2. The van der Waals surface area contributed by atoms with Gasteiger partial charge in [-0.25, -0.2) is 0 Å². The molecule has 0 fully saturated rings. The molecule has 0 aromatic heterocycles. The van der Waals surface area contributed by atoms with Gasteiger partial charge in [0.05, 0.1) is 0 Å². The van der Waals surface area contributed by atoms with Crippen molar-refractivity contribution in [2.45, 2.75) is 13.8 Å². The molecule has 3 rings (SSSR count). The first-order chi connectivity index (χ1) is 14.5. The molecule has 154 valence electrons. The number of hydrogen-bond acceptors (Lipinski definition) is 4. The van der Waals surface area contributed by atoms with Gasteiger partial charge in [-0.05, 0) is 61.4 Å². The number of amides is 2. The summed E-state index contributed by atoms with van der Waals surface area (Å²) in [7, 11) is 0. The first-order valence-corrected chi connectivity index (χ1v) is 9.58. The average molecular weight is 404 g/mol. The van der Waals surface area contributed by atoms with Crippen molar-refractivity contribution in [1.82, 2.24) is 0 Å². The molecule has 0 unspecified atom stereocenters. The molecule has 2 N–H and O–H groups in total. The molecule has 0 spiro atoms. The van der Waals surface area contributed by atoms with Crippen LogP contribution in [0.1, 0.15) is 11.1 Å². The molecule has 0 aliphatic carbocycles. The van der Waals surface area contributed by atoms with Crippen molar-refractivity contribution in [3.05, 3.63) is 83.9 Å². The third kappa shape index (κ3) is 6.10. The van der Waals surface area contributed by atoms with E-state index in [-0.39, 0.29) is 25.0 Å². The van der Waals surface area contributed by atoms with Gasteiger partial charge in [-0.1, -0.05) is 36.4 Å². The van der Waals surface area contributed by atoms with Crippen molar-refractivity contribution >= 4 is 23.2 Å². The number of benzene rings is 3. The lowest BCUT2D eigenvalue weighted by molar-refractivity contribution is -0.118. The zero-order chi connectivity index (χ0) is 21.3. The average Bonchev–Trinajstić information content (AvgIpc) is 2.76. The Hall–Kier alpha value is -3.80. The van der Waals surface area contributed by atoms with Gasteiger partial charge >= 0.3 is 0 Å². The zero-order valence-corrected chi connectivity index (χ0v) is 17.0. The Morgan fingerprint density at radius 1 is 0.667 bits per heavy atom. The van der Waals surface area contributed by atoms with Crippen molar-refractivity contribution in [2.24, 2.45) is 0 Å². The molecule has 0 aliphatic rings. The highest BCUT2D eigenvalue weighted by atomic mass is 16.5. The zero-order valence-electron chi connectivity index (χ0n) is 17.0. The molecular formula is C24H24N2O4. The lowest BCUT2D eigenvalue weighted by Gasteiger charge is -2.15. The van der Waals surface area contributed by atoms with E-state index in [2.05, 4.69) is 10.6 Å². The van der Waals surface area contributed by atoms with E-state index in [4.69, 9.17) is 9.47 Å². The molecule has 0 atom stereocenters. The molecule has 30 heavy (non-hydrogen) atoms. The maximum Gasteiger partial charge on any atom is 0.262 e. The van der Waals surface area contributed by atoms with E-state index in [1.165, 1.54) is 0 Å². The van der Waals surface area contributed by atoms with Crippen molar-refractivity contribution in [3.63, 3.8) is 0 Å². The van der Waals surface area contributed by atoms with Crippen LogP contribution in [0.3, 0.4) is 0 Å². The number of nitrogens with one attached hydrogen (secondary N) is 2. The van der Waals surface area contributed by atoms with Gasteiger partial charge in [0.25, 0.3) is 11.8 Å². The third-order valence-electron chi connectivity index (χ3n) is 4.35. The van der Waals surface area contributed by atoms with Gasteiger partial charge in [0, 0.05) is 11.4 Å². The molecule has 0 bridgehead atoms. The molecule has 3 aromatic rings. The summed E-state index contributed by atoms with van der Waals surface area (Å²) >= 11 is 0. The Bertz CT molecular complexity index is 921. The molecule has 6 nitrogen and oxygen atoms in total. The standard InChI is InChI=1S/C24H24N2O4/c1-17-13-22(26-24(28)16-30-20-11-7-4-8-12-20)18(2)14-21(17)25-23(27)15-29-19-9-5-3-6-10-19/h3-14H,15-16H2,1-2H3,(H,25,27)(H,26,28). The monoisotopic (exact) mass is 404 g/mol. The maximum absolute atomic E-state index is 12.2. The van der Waals surface area contributed by atoms with Crippen LogP contribution in [0, 0.1) is 13.8 Å². The third-order valence-corrected chi connectivity index (χ3v) is 4.35. The summed E-state index contributed by atoms with van der Waals surface area (Å²) in [5.74, 6) is 0.761. The number of ether oxygens (including phenoxy) is 2. The van der Waals surface area contributed by atoms with Gasteiger partial charge in [0.2, 0.25) is 0 Å². The Morgan fingerprint density at radius 2 is 1.03 bits per heavy atom. The van der Waals surface area contributed by atoms with Crippen LogP contribution in [-0.2, 0) is 9.59 Å². The number of carbonyl (C=O) groups is 2. The predicted molar refractivity (Wildman–Crippen MR) is 117 cm³/mol. The molecule has 0 radical (unpaired) electrons. The van der Waals surface area contributed by atoms with Crippen LogP contribution in [0.25, 0.3) is 0 Å². The Balaban J connectivity index is 1.55. The Labute approximate surface area is 175 Å². The fraction of sp³-hybridized carbons (Fsp3) is 0.167. The first kappa shape index (κ1) is 20.9. The highest BCUT2D eigenvalue weighted by molar-refractivity contribution is 5.95. The fourth-order valence-corrected chi connectivity index (χ4v) is 2.79. The predicted octanol–water partition coefficient (Wildman–Crippen LogP) is 4.34.